The lowest BCUT2D eigenvalue weighted by Crippen LogP contribution is -2.53. The van der Waals surface area contributed by atoms with Gasteiger partial charge in [-0.1, -0.05) is 0 Å². The maximum absolute atomic E-state index is 11.5. The van der Waals surface area contributed by atoms with E-state index in [1.165, 1.54) is 7.11 Å². The Morgan fingerprint density at radius 2 is 2.47 bits per heavy atom. The highest BCUT2D eigenvalue weighted by Gasteiger charge is 2.34. The van der Waals surface area contributed by atoms with Crippen molar-refractivity contribution in [3.05, 3.63) is 0 Å². The smallest absolute Gasteiger partial charge is 0.407 e. The zero-order valence-corrected chi connectivity index (χ0v) is 9.68. The Hall–Kier alpha value is -1.34. The van der Waals surface area contributed by atoms with Crippen molar-refractivity contribution in [2.75, 3.05) is 40.0 Å². The van der Waals surface area contributed by atoms with Crippen molar-refractivity contribution in [1.29, 1.82) is 0 Å². The molecule has 2 heterocycles. The lowest BCUT2D eigenvalue weighted by Gasteiger charge is -2.34. The van der Waals surface area contributed by atoms with Crippen LogP contribution in [0.3, 0.4) is 0 Å². The number of esters is 1. The third-order valence-electron chi connectivity index (χ3n) is 2.90. The van der Waals surface area contributed by atoms with Gasteiger partial charge in [-0.15, -0.1) is 0 Å². The van der Waals surface area contributed by atoms with E-state index in [1.54, 1.807) is 0 Å². The molecular formula is C10H16N2O5. The van der Waals surface area contributed by atoms with Crippen LogP contribution in [0.15, 0.2) is 0 Å². The van der Waals surface area contributed by atoms with E-state index in [-0.39, 0.29) is 12.1 Å². The molecule has 2 aliphatic rings. The van der Waals surface area contributed by atoms with Crippen molar-refractivity contribution in [3.8, 4) is 0 Å². The van der Waals surface area contributed by atoms with Gasteiger partial charge >= 0.3 is 12.1 Å². The van der Waals surface area contributed by atoms with Gasteiger partial charge in [0.15, 0.2) is 0 Å². The average Bonchev–Trinajstić information content (AvgIpc) is 2.74. The van der Waals surface area contributed by atoms with Gasteiger partial charge in [0, 0.05) is 13.1 Å². The third kappa shape index (κ3) is 2.86. The Labute approximate surface area is 99.0 Å². The monoisotopic (exact) mass is 244 g/mol. The fourth-order valence-electron chi connectivity index (χ4n) is 2.00. The van der Waals surface area contributed by atoms with Gasteiger partial charge in [-0.2, -0.15) is 0 Å². The Morgan fingerprint density at radius 3 is 3.12 bits per heavy atom. The van der Waals surface area contributed by atoms with Crippen LogP contribution >= 0.6 is 0 Å². The highest BCUT2D eigenvalue weighted by molar-refractivity contribution is 5.76. The summed E-state index contributed by atoms with van der Waals surface area (Å²) in [4.78, 5) is 24.4. The lowest BCUT2D eigenvalue weighted by molar-refractivity contribution is -0.154. The number of nitrogens with zero attached hydrogens (tertiary/aromatic N) is 1. The van der Waals surface area contributed by atoms with E-state index in [0.29, 0.717) is 32.8 Å². The first-order valence-electron chi connectivity index (χ1n) is 5.55. The molecule has 2 fully saturated rings. The van der Waals surface area contributed by atoms with Gasteiger partial charge in [0.25, 0.3) is 0 Å². The molecule has 0 aliphatic carbocycles. The standard InChI is InChI=1S/C10H16N2O5/c1-15-9(13)8-6-16-3-2-12(8)5-7-4-11-10(14)17-7/h7-8H,2-6H2,1H3,(H,11,14). The van der Waals surface area contributed by atoms with Crippen LogP contribution in [-0.2, 0) is 19.0 Å². The number of nitrogens with one attached hydrogen (secondary N) is 1. The summed E-state index contributed by atoms with van der Waals surface area (Å²) in [5, 5.41) is 2.58. The van der Waals surface area contributed by atoms with E-state index in [2.05, 4.69) is 5.32 Å². The Balaban J connectivity index is 1.92. The van der Waals surface area contributed by atoms with Crippen molar-refractivity contribution in [3.63, 3.8) is 0 Å². The minimum atomic E-state index is -0.409. The van der Waals surface area contributed by atoms with Crippen LogP contribution in [-0.4, -0.2) is 69.1 Å². The van der Waals surface area contributed by atoms with E-state index in [4.69, 9.17) is 14.2 Å². The van der Waals surface area contributed by atoms with E-state index in [1.807, 2.05) is 4.90 Å². The fourth-order valence-corrected chi connectivity index (χ4v) is 2.00. The predicted octanol–water partition coefficient (Wildman–Crippen LogP) is -1.03. The molecule has 2 atom stereocenters. The summed E-state index contributed by atoms with van der Waals surface area (Å²) in [6, 6.07) is -0.409. The molecule has 96 valence electrons. The number of hydrogen-bond donors (Lipinski definition) is 1. The van der Waals surface area contributed by atoms with Crippen LogP contribution < -0.4 is 5.32 Å². The molecule has 0 spiro atoms. The van der Waals surface area contributed by atoms with E-state index < -0.39 is 12.1 Å². The molecule has 0 aromatic heterocycles. The van der Waals surface area contributed by atoms with Crippen LogP contribution in [0.5, 0.6) is 0 Å². The molecule has 7 nitrogen and oxygen atoms in total. The summed E-state index contributed by atoms with van der Waals surface area (Å²) in [7, 11) is 1.35. The van der Waals surface area contributed by atoms with Crippen LogP contribution in [0.4, 0.5) is 4.79 Å². The SMILES string of the molecule is COC(=O)C1COCCN1CC1CNC(=O)O1. The maximum Gasteiger partial charge on any atom is 0.407 e. The summed E-state index contributed by atoms with van der Waals surface area (Å²) < 4.78 is 15.0. The van der Waals surface area contributed by atoms with Crippen LogP contribution in [0.1, 0.15) is 0 Å². The molecule has 1 N–H and O–H groups in total. The second kappa shape index (κ2) is 5.33. The Bertz CT molecular complexity index is 309. The number of amides is 1. The molecule has 2 unspecified atom stereocenters. The fraction of sp³-hybridized carbons (Fsp3) is 0.800. The number of carbonyl (C=O) groups is 2. The normalized spacial score (nSPS) is 29.6. The number of rotatable bonds is 3. The number of hydrogen-bond acceptors (Lipinski definition) is 6. The summed E-state index contributed by atoms with van der Waals surface area (Å²) in [6.07, 6.45) is -0.620. The van der Waals surface area contributed by atoms with Gasteiger partial charge in [0.05, 0.1) is 26.9 Å². The highest BCUT2D eigenvalue weighted by atomic mass is 16.6. The molecule has 2 rings (SSSR count). The quantitative estimate of drug-likeness (QED) is 0.640. The molecule has 1 amide bonds. The van der Waals surface area contributed by atoms with Gasteiger partial charge in [0.1, 0.15) is 12.1 Å². The molecule has 0 saturated carbocycles. The van der Waals surface area contributed by atoms with Gasteiger partial charge in [0.2, 0.25) is 0 Å². The summed E-state index contributed by atoms with van der Waals surface area (Å²) in [5.74, 6) is -0.318. The zero-order valence-electron chi connectivity index (χ0n) is 9.68. The first kappa shape index (κ1) is 12.1. The Kier molecular flexibility index (Phi) is 3.80. The molecule has 0 aromatic carbocycles. The van der Waals surface area contributed by atoms with E-state index in [0.717, 1.165) is 0 Å². The number of morpholine rings is 1. The minimum absolute atomic E-state index is 0.215. The molecule has 2 saturated heterocycles. The largest absolute Gasteiger partial charge is 0.468 e. The van der Waals surface area contributed by atoms with Crippen molar-refractivity contribution in [2.45, 2.75) is 12.1 Å². The predicted molar refractivity (Wildman–Crippen MR) is 56.5 cm³/mol. The highest BCUT2D eigenvalue weighted by Crippen LogP contribution is 2.12. The summed E-state index contributed by atoms with van der Waals surface area (Å²) in [5.41, 5.74) is 0. The van der Waals surface area contributed by atoms with Gasteiger partial charge < -0.3 is 19.5 Å². The first-order valence-corrected chi connectivity index (χ1v) is 5.55. The van der Waals surface area contributed by atoms with Crippen molar-refractivity contribution in [1.82, 2.24) is 10.2 Å². The second-order valence-electron chi connectivity index (χ2n) is 4.02. The second-order valence-corrected chi connectivity index (χ2v) is 4.02. The van der Waals surface area contributed by atoms with Crippen molar-refractivity contribution < 1.29 is 23.8 Å². The minimum Gasteiger partial charge on any atom is -0.468 e. The van der Waals surface area contributed by atoms with Gasteiger partial charge in [-0.05, 0) is 0 Å². The first-order chi connectivity index (χ1) is 8.20. The number of methoxy groups -OCH3 is 1. The van der Waals surface area contributed by atoms with Crippen molar-refractivity contribution >= 4 is 12.1 Å². The zero-order chi connectivity index (χ0) is 12.3. The van der Waals surface area contributed by atoms with E-state index in [9.17, 15) is 9.59 Å². The van der Waals surface area contributed by atoms with Crippen LogP contribution in [0.2, 0.25) is 0 Å². The molecule has 2 aliphatic heterocycles. The number of cyclic esters (lactones) is 1. The van der Waals surface area contributed by atoms with Crippen LogP contribution in [0, 0.1) is 0 Å². The molecular weight excluding hydrogens is 228 g/mol. The maximum atomic E-state index is 11.5. The molecule has 0 bridgehead atoms. The third-order valence-corrected chi connectivity index (χ3v) is 2.90. The molecule has 0 aromatic rings. The van der Waals surface area contributed by atoms with E-state index >= 15 is 0 Å². The number of ether oxygens (including phenoxy) is 3. The topological polar surface area (TPSA) is 77.1 Å². The Morgan fingerprint density at radius 1 is 1.65 bits per heavy atom. The number of alkyl carbamates (subject to hydrolysis) is 1. The number of carbonyl (C=O) groups excluding carboxylic acids is 2. The van der Waals surface area contributed by atoms with Gasteiger partial charge in [-0.25, -0.2) is 4.79 Å². The van der Waals surface area contributed by atoms with Crippen LogP contribution in [0.25, 0.3) is 0 Å². The molecule has 7 heteroatoms. The summed E-state index contributed by atoms with van der Waals surface area (Å²) in [6.45, 7) is 2.52. The average molecular weight is 244 g/mol. The molecule has 0 radical (unpaired) electrons. The molecule has 17 heavy (non-hydrogen) atoms. The van der Waals surface area contributed by atoms with Crippen molar-refractivity contribution in [2.24, 2.45) is 0 Å². The summed E-state index contributed by atoms with van der Waals surface area (Å²) >= 11 is 0. The van der Waals surface area contributed by atoms with Gasteiger partial charge in [-0.3, -0.25) is 9.69 Å². The lowest BCUT2D eigenvalue weighted by atomic mass is 10.2.